The number of thiazole rings is 1. The van der Waals surface area contributed by atoms with Gasteiger partial charge >= 0.3 is 0 Å². The van der Waals surface area contributed by atoms with Crippen molar-refractivity contribution < 1.29 is 4.79 Å². The smallest absolute Gasteiger partial charge is 0.226 e. The number of pyridine rings is 1. The largest absolute Gasteiger partial charge is 0.353 e. The lowest BCUT2D eigenvalue weighted by Gasteiger charge is -2.31. The topological polar surface area (TPSA) is 80.9 Å². The van der Waals surface area contributed by atoms with Crippen LogP contribution < -0.4 is 11.1 Å². The van der Waals surface area contributed by atoms with Crippen molar-refractivity contribution in [2.75, 3.05) is 6.54 Å². The molecular formula is C17H22N4OS. The van der Waals surface area contributed by atoms with E-state index in [4.69, 9.17) is 5.73 Å². The van der Waals surface area contributed by atoms with Crippen molar-refractivity contribution in [1.82, 2.24) is 15.3 Å². The molecule has 23 heavy (non-hydrogen) atoms. The van der Waals surface area contributed by atoms with Crippen LogP contribution in [0.3, 0.4) is 0 Å². The minimum absolute atomic E-state index is 0.0402. The Morgan fingerprint density at radius 2 is 2.26 bits per heavy atom. The normalized spacial score (nSPS) is 21.1. The van der Waals surface area contributed by atoms with Gasteiger partial charge < -0.3 is 11.1 Å². The Labute approximate surface area is 140 Å². The second-order valence-electron chi connectivity index (χ2n) is 6.02. The molecule has 2 aromatic heterocycles. The van der Waals surface area contributed by atoms with Crippen molar-refractivity contribution in [2.24, 2.45) is 11.7 Å². The number of rotatable bonds is 5. The predicted octanol–water partition coefficient (Wildman–Crippen LogP) is 2.38. The maximum atomic E-state index is 12.3. The summed E-state index contributed by atoms with van der Waals surface area (Å²) in [6.07, 6.45) is 8.39. The van der Waals surface area contributed by atoms with Gasteiger partial charge in [0.15, 0.2) is 0 Å². The molecule has 2 heterocycles. The van der Waals surface area contributed by atoms with Crippen molar-refractivity contribution in [2.45, 2.75) is 38.1 Å². The standard InChI is InChI=1S/C17H22N4OS/c18-9-12-4-1-2-6-15(12)21-16(22)8-14-11-23-17(20-14)13-5-3-7-19-10-13/h3,5,7,10-12,15H,1-2,4,6,8-9,18H2,(H,21,22). The highest BCUT2D eigenvalue weighted by molar-refractivity contribution is 7.13. The van der Waals surface area contributed by atoms with Crippen LogP contribution in [0, 0.1) is 5.92 Å². The first-order valence-electron chi connectivity index (χ1n) is 8.10. The molecule has 1 aliphatic rings. The lowest BCUT2D eigenvalue weighted by molar-refractivity contribution is -0.121. The van der Waals surface area contributed by atoms with E-state index in [9.17, 15) is 4.79 Å². The first-order valence-corrected chi connectivity index (χ1v) is 8.98. The number of carbonyl (C=O) groups excluding carboxylic acids is 1. The molecule has 0 spiro atoms. The summed E-state index contributed by atoms with van der Waals surface area (Å²) in [5.41, 5.74) is 7.62. The fraction of sp³-hybridized carbons (Fsp3) is 0.471. The van der Waals surface area contributed by atoms with Crippen molar-refractivity contribution in [1.29, 1.82) is 0 Å². The maximum absolute atomic E-state index is 12.3. The summed E-state index contributed by atoms with van der Waals surface area (Å²) < 4.78 is 0. The first kappa shape index (κ1) is 16.1. The summed E-state index contributed by atoms with van der Waals surface area (Å²) in [5.74, 6) is 0.451. The van der Waals surface area contributed by atoms with Crippen LogP contribution in [-0.2, 0) is 11.2 Å². The average molecular weight is 330 g/mol. The fourth-order valence-electron chi connectivity index (χ4n) is 3.11. The van der Waals surface area contributed by atoms with E-state index in [2.05, 4.69) is 15.3 Å². The van der Waals surface area contributed by atoms with E-state index in [1.807, 2.05) is 17.5 Å². The lowest BCUT2D eigenvalue weighted by atomic mass is 9.84. The van der Waals surface area contributed by atoms with Crippen LogP contribution in [0.4, 0.5) is 0 Å². The number of aromatic nitrogens is 2. The van der Waals surface area contributed by atoms with Gasteiger partial charge in [0.1, 0.15) is 5.01 Å². The molecular weight excluding hydrogens is 308 g/mol. The molecule has 2 aromatic rings. The molecule has 1 saturated carbocycles. The van der Waals surface area contributed by atoms with Crippen LogP contribution in [0.1, 0.15) is 31.4 Å². The maximum Gasteiger partial charge on any atom is 0.226 e. The molecule has 6 heteroatoms. The van der Waals surface area contributed by atoms with Crippen LogP contribution >= 0.6 is 11.3 Å². The van der Waals surface area contributed by atoms with Gasteiger partial charge in [-0.05, 0) is 37.4 Å². The Balaban J connectivity index is 1.59. The van der Waals surface area contributed by atoms with Gasteiger partial charge in [-0.15, -0.1) is 11.3 Å². The number of amides is 1. The molecule has 1 amide bonds. The highest BCUT2D eigenvalue weighted by atomic mass is 32.1. The van der Waals surface area contributed by atoms with Crippen LogP contribution in [0.15, 0.2) is 29.9 Å². The Bertz CT molecular complexity index is 643. The van der Waals surface area contributed by atoms with Crippen LogP contribution in [-0.4, -0.2) is 28.5 Å². The third-order valence-corrected chi connectivity index (χ3v) is 5.30. The quantitative estimate of drug-likeness (QED) is 0.882. The van der Waals surface area contributed by atoms with Gasteiger partial charge in [0.25, 0.3) is 0 Å². The van der Waals surface area contributed by atoms with Gasteiger partial charge in [0, 0.05) is 29.4 Å². The zero-order chi connectivity index (χ0) is 16.1. The van der Waals surface area contributed by atoms with Crippen LogP contribution in [0.5, 0.6) is 0 Å². The summed E-state index contributed by atoms with van der Waals surface area (Å²) in [4.78, 5) is 20.9. The third-order valence-electron chi connectivity index (χ3n) is 4.36. The molecule has 0 bridgehead atoms. The monoisotopic (exact) mass is 330 g/mol. The number of carbonyl (C=O) groups is 1. The second kappa shape index (κ2) is 7.66. The SMILES string of the molecule is NCC1CCCCC1NC(=O)Cc1csc(-c2cccnc2)n1. The molecule has 0 aliphatic heterocycles. The Hall–Kier alpha value is -1.79. The number of hydrogen-bond donors (Lipinski definition) is 2. The van der Waals surface area contributed by atoms with E-state index in [0.717, 1.165) is 29.1 Å². The molecule has 2 atom stereocenters. The van der Waals surface area contributed by atoms with E-state index in [1.165, 1.54) is 12.8 Å². The number of nitrogens with one attached hydrogen (secondary N) is 1. The molecule has 5 nitrogen and oxygen atoms in total. The fourth-order valence-corrected chi connectivity index (χ4v) is 3.92. The third kappa shape index (κ3) is 4.14. The van der Waals surface area contributed by atoms with Gasteiger partial charge in [-0.1, -0.05) is 12.8 Å². The Morgan fingerprint density at radius 3 is 3.04 bits per heavy atom. The van der Waals surface area contributed by atoms with Gasteiger partial charge in [0.05, 0.1) is 12.1 Å². The zero-order valence-electron chi connectivity index (χ0n) is 13.1. The number of nitrogens with two attached hydrogens (primary N) is 1. The van der Waals surface area contributed by atoms with E-state index < -0.39 is 0 Å². The van der Waals surface area contributed by atoms with Crippen molar-refractivity contribution in [3.05, 3.63) is 35.6 Å². The molecule has 0 saturated heterocycles. The van der Waals surface area contributed by atoms with E-state index in [1.54, 1.807) is 23.7 Å². The van der Waals surface area contributed by atoms with Crippen molar-refractivity contribution >= 4 is 17.2 Å². The van der Waals surface area contributed by atoms with Crippen molar-refractivity contribution in [3.63, 3.8) is 0 Å². The van der Waals surface area contributed by atoms with E-state index >= 15 is 0 Å². The predicted molar refractivity (Wildman–Crippen MR) is 92.0 cm³/mol. The van der Waals surface area contributed by atoms with Crippen LogP contribution in [0.2, 0.25) is 0 Å². The summed E-state index contributed by atoms with van der Waals surface area (Å²) in [5, 5.41) is 6.00. The summed E-state index contributed by atoms with van der Waals surface area (Å²) >= 11 is 1.54. The molecule has 1 aliphatic carbocycles. The Morgan fingerprint density at radius 1 is 1.39 bits per heavy atom. The van der Waals surface area contributed by atoms with Gasteiger partial charge in [-0.3, -0.25) is 9.78 Å². The summed E-state index contributed by atoms with van der Waals surface area (Å²) in [6.45, 7) is 0.646. The van der Waals surface area contributed by atoms with E-state index in [0.29, 0.717) is 18.9 Å². The first-order chi connectivity index (χ1) is 11.3. The highest BCUT2D eigenvalue weighted by Crippen LogP contribution is 2.25. The molecule has 122 valence electrons. The van der Waals surface area contributed by atoms with E-state index in [-0.39, 0.29) is 11.9 Å². The lowest BCUT2D eigenvalue weighted by Crippen LogP contribution is -2.45. The summed E-state index contributed by atoms with van der Waals surface area (Å²) in [7, 11) is 0. The average Bonchev–Trinajstić information content (AvgIpc) is 3.04. The molecule has 3 rings (SSSR count). The minimum Gasteiger partial charge on any atom is -0.353 e. The van der Waals surface area contributed by atoms with Gasteiger partial charge in [-0.2, -0.15) is 0 Å². The summed E-state index contributed by atoms with van der Waals surface area (Å²) in [6, 6.07) is 4.08. The molecule has 0 aromatic carbocycles. The molecule has 2 unspecified atom stereocenters. The highest BCUT2D eigenvalue weighted by Gasteiger charge is 2.25. The Kier molecular flexibility index (Phi) is 5.35. The second-order valence-corrected chi connectivity index (χ2v) is 6.87. The number of nitrogens with zero attached hydrogens (tertiary/aromatic N) is 2. The molecule has 0 radical (unpaired) electrons. The van der Waals surface area contributed by atoms with Crippen molar-refractivity contribution in [3.8, 4) is 10.6 Å². The zero-order valence-corrected chi connectivity index (χ0v) is 13.9. The van der Waals surface area contributed by atoms with Gasteiger partial charge in [-0.25, -0.2) is 4.98 Å². The molecule has 1 fully saturated rings. The van der Waals surface area contributed by atoms with Crippen LogP contribution in [0.25, 0.3) is 10.6 Å². The number of hydrogen-bond acceptors (Lipinski definition) is 5. The van der Waals surface area contributed by atoms with Gasteiger partial charge in [0.2, 0.25) is 5.91 Å². The minimum atomic E-state index is 0.0402. The molecule has 3 N–H and O–H groups in total.